The first-order valence-electron chi connectivity index (χ1n) is 6.77. The molecule has 0 bridgehead atoms. The van der Waals surface area contributed by atoms with Gasteiger partial charge < -0.3 is 9.47 Å². The molecule has 0 N–H and O–H groups in total. The minimum Gasteiger partial charge on any atom is -0.382 e. The third-order valence-electron chi connectivity index (χ3n) is 4.03. The number of rotatable bonds is 5. The van der Waals surface area contributed by atoms with Crippen molar-refractivity contribution in [2.24, 2.45) is 0 Å². The zero-order chi connectivity index (χ0) is 13.5. The second-order valence-corrected chi connectivity index (χ2v) is 5.75. The Labute approximate surface area is 114 Å². The Morgan fingerprint density at radius 1 is 0.947 bits per heavy atom. The van der Waals surface area contributed by atoms with Gasteiger partial charge in [0, 0.05) is 12.5 Å². The number of ether oxygens (including phenoxy) is 2. The topological polar surface area (TPSA) is 18.5 Å². The maximum Gasteiger partial charge on any atom is 0.0718 e. The molecular weight excluding hydrogens is 236 g/mol. The normalized spacial score (nSPS) is 15.5. The predicted octanol–water partition coefficient (Wildman–Crippen LogP) is 3.64. The van der Waals surface area contributed by atoms with Gasteiger partial charge >= 0.3 is 0 Å². The summed E-state index contributed by atoms with van der Waals surface area (Å²) in [5.41, 5.74) is 4.48. The Morgan fingerprint density at radius 2 is 1.68 bits per heavy atom. The highest BCUT2D eigenvalue weighted by Gasteiger charge is 2.41. The molecule has 0 aromatic heterocycles. The average Bonchev–Trinajstić information content (AvgIpc) is 2.93. The van der Waals surface area contributed by atoms with Gasteiger partial charge in [0.15, 0.2) is 0 Å². The second-order valence-electron chi connectivity index (χ2n) is 5.75. The lowest BCUT2D eigenvalue weighted by molar-refractivity contribution is 0.0617. The zero-order valence-electron chi connectivity index (χ0n) is 11.8. The van der Waals surface area contributed by atoms with Crippen molar-refractivity contribution in [2.45, 2.75) is 25.9 Å². The van der Waals surface area contributed by atoms with Crippen molar-refractivity contribution in [3.05, 3.63) is 47.0 Å². The molecule has 0 radical (unpaired) electrons. The van der Waals surface area contributed by atoms with Gasteiger partial charge in [-0.1, -0.05) is 26.0 Å². The smallest absolute Gasteiger partial charge is 0.0718 e. The summed E-state index contributed by atoms with van der Waals surface area (Å²) in [7, 11) is 1.69. The second kappa shape index (κ2) is 4.62. The fourth-order valence-electron chi connectivity index (χ4n) is 2.66. The van der Waals surface area contributed by atoms with Crippen molar-refractivity contribution in [1.82, 2.24) is 0 Å². The van der Waals surface area contributed by atoms with Crippen molar-refractivity contribution < 1.29 is 9.47 Å². The first-order chi connectivity index (χ1) is 9.13. The molecule has 100 valence electrons. The van der Waals surface area contributed by atoms with Crippen molar-refractivity contribution >= 4 is 10.8 Å². The Kier molecular flexibility index (Phi) is 3.08. The summed E-state index contributed by atoms with van der Waals surface area (Å²) < 4.78 is 10.5. The summed E-state index contributed by atoms with van der Waals surface area (Å²) in [6.45, 7) is 6.51. The molecule has 0 heterocycles. The fraction of sp³-hybridized carbons (Fsp3) is 0.412. The van der Waals surface area contributed by atoms with Crippen LogP contribution >= 0.6 is 0 Å². The van der Waals surface area contributed by atoms with Crippen molar-refractivity contribution in [2.75, 3.05) is 20.3 Å². The van der Waals surface area contributed by atoms with E-state index in [0.29, 0.717) is 19.8 Å². The van der Waals surface area contributed by atoms with E-state index in [4.69, 9.17) is 9.47 Å². The van der Waals surface area contributed by atoms with E-state index >= 15 is 0 Å². The highest BCUT2D eigenvalue weighted by molar-refractivity contribution is 5.88. The van der Waals surface area contributed by atoms with Crippen LogP contribution in [0.2, 0.25) is 0 Å². The molecule has 2 aromatic rings. The van der Waals surface area contributed by atoms with Gasteiger partial charge in [0.05, 0.1) is 19.8 Å². The largest absolute Gasteiger partial charge is 0.382 e. The molecule has 3 rings (SSSR count). The van der Waals surface area contributed by atoms with E-state index in [-0.39, 0.29) is 5.41 Å². The van der Waals surface area contributed by atoms with Crippen LogP contribution in [0.15, 0.2) is 30.3 Å². The molecule has 2 aromatic carbocycles. The molecule has 0 spiro atoms. The highest BCUT2D eigenvalue weighted by Crippen LogP contribution is 2.50. The molecule has 0 saturated carbocycles. The fourth-order valence-corrected chi connectivity index (χ4v) is 2.66. The minimum atomic E-state index is 0.286. The van der Waals surface area contributed by atoms with Crippen LogP contribution in [0.3, 0.4) is 0 Å². The van der Waals surface area contributed by atoms with Gasteiger partial charge in [-0.3, -0.25) is 0 Å². The molecule has 0 fully saturated rings. The molecule has 2 heteroatoms. The molecule has 0 amide bonds. The maximum atomic E-state index is 5.57. The summed E-state index contributed by atoms with van der Waals surface area (Å²) >= 11 is 0. The summed E-state index contributed by atoms with van der Waals surface area (Å²) in [5.74, 6) is 0. The van der Waals surface area contributed by atoms with E-state index < -0.39 is 0 Å². The van der Waals surface area contributed by atoms with Crippen LogP contribution in [-0.4, -0.2) is 20.3 Å². The van der Waals surface area contributed by atoms with Crippen molar-refractivity contribution in [1.29, 1.82) is 0 Å². The third kappa shape index (κ3) is 2.26. The molecular formula is C17H20O2. The minimum absolute atomic E-state index is 0.286. The molecule has 1 aliphatic rings. The van der Waals surface area contributed by atoms with Crippen LogP contribution in [0.5, 0.6) is 0 Å². The van der Waals surface area contributed by atoms with Crippen LogP contribution in [-0.2, 0) is 21.5 Å². The number of hydrogen-bond donors (Lipinski definition) is 0. The molecule has 19 heavy (non-hydrogen) atoms. The molecule has 0 aliphatic heterocycles. The Bertz CT molecular complexity index is 614. The predicted molar refractivity (Wildman–Crippen MR) is 77.6 cm³/mol. The van der Waals surface area contributed by atoms with Crippen LogP contribution < -0.4 is 0 Å². The lowest BCUT2D eigenvalue weighted by Crippen LogP contribution is -2.01. The monoisotopic (exact) mass is 256 g/mol. The van der Waals surface area contributed by atoms with E-state index in [0.717, 1.165) is 0 Å². The third-order valence-corrected chi connectivity index (χ3v) is 4.03. The number of benzene rings is 2. The molecule has 2 nitrogen and oxygen atoms in total. The molecule has 0 atom stereocenters. The summed E-state index contributed by atoms with van der Waals surface area (Å²) in [4.78, 5) is 0. The van der Waals surface area contributed by atoms with Gasteiger partial charge in [-0.25, -0.2) is 0 Å². The van der Waals surface area contributed by atoms with Gasteiger partial charge in [0.2, 0.25) is 0 Å². The lowest BCUT2D eigenvalue weighted by Gasteiger charge is -2.05. The van der Waals surface area contributed by atoms with E-state index in [9.17, 15) is 0 Å². The molecule has 0 unspecified atom stereocenters. The van der Waals surface area contributed by atoms with E-state index in [1.165, 1.54) is 27.5 Å². The number of methoxy groups -OCH3 is 1. The Hall–Kier alpha value is -1.38. The Morgan fingerprint density at radius 3 is 2.42 bits per heavy atom. The van der Waals surface area contributed by atoms with Crippen molar-refractivity contribution in [3.63, 3.8) is 0 Å². The number of fused-ring (bicyclic) bond motifs is 2. The van der Waals surface area contributed by atoms with Crippen molar-refractivity contribution in [3.8, 4) is 0 Å². The Balaban J connectivity index is 1.79. The first-order valence-corrected chi connectivity index (χ1v) is 6.77. The van der Waals surface area contributed by atoms with E-state index in [1.807, 2.05) is 0 Å². The standard InChI is InChI=1S/C17H20O2/c1-17(2)15-9-13-5-4-12(11-19-7-6-18-3)8-14(13)10-16(15)17/h4-5,8-10H,6-7,11H2,1-3H3. The van der Waals surface area contributed by atoms with Gasteiger partial charge in [-0.2, -0.15) is 0 Å². The van der Waals surface area contributed by atoms with Crippen LogP contribution in [0.25, 0.3) is 10.8 Å². The van der Waals surface area contributed by atoms with Crippen LogP contribution in [0.1, 0.15) is 30.5 Å². The van der Waals surface area contributed by atoms with E-state index in [2.05, 4.69) is 44.2 Å². The quantitative estimate of drug-likeness (QED) is 0.760. The van der Waals surface area contributed by atoms with E-state index in [1.54, 1.807) is 7.11 Å². The molecule has 0 saturated heterocycles. The van der Waals surface area contributed by atoms with Gasteiger partial charge in [0.1, 0.15) is 0 Å². The SMILES string of the molecule is COCCOCc1ccc2cc3c(cc2c1)C3(C)C. The van der Waals surface area contributed by atoms with Gasteiger partial charge in [-0.15, -0.1) is 0 Å². The highest BCUT2D eigenvalue weighted by atomic mass is 16.5. The summed E-state index contributed by atoms with van der Waals surface area (Å²) in [5, 5.41) is 2.64. The summed E-state index contributed by atoms with van der Waals surface area (Å²) in [6, 6.07) is 11.2. The van der Waals surface area contributed by atoms with Gasteiger partial charge in [0.25, 0.3) is 0 Å². The van der Waals surface area contributed by atoms with Gasteiger partial charge in [-0.05, 0) is 45.7 Å². The average molecular weight is 256 g/mol. The lowest BCUT2D eigenvalue weighted by atomic mass is 10.1. The summed E-state index contributed by atoms with van der Waals surface area (Å²) in [6.07, 6.45) is 0. The number of hydrogen-bond acceptors (Lipinski definition) is 2. The zero-order valence-corrected chi connectivity index (χ0v) is 11.8. The van der Waals surface area contributed by atoms with Crippen LogP contribution in [0.4, 0.5) is 0 Å². The maximum absolute atomic E-state index is 5.57. The first kappa shape index (κ1) is 12.6. The van der Waals surface area contributed by atoms with Crippen LogP contribution in [0, 0.1) is 0 Å². The molecule has 1 aliphatic carbocycles.